The summed E-state index contributed by atoms with van der Waals surface area (Å²) in [5, 5.41) is 12.7. The van der Waals surface area contributed by atoms with Crippen LogP contribution in [0.25, 0.3) is 0 Å². The third-order valence-electron chi connectivity index (χ3n) is 4.63. The predicted molar refractivity (Wildman–Crippen MR) is 89.5 cm³/mol. The monoisotopic (exact) mass is 319 g/mol. The summed E-state index contributed by atoms with van der Waals surface area (Å²) in [4.78, 5) is 14.6. The average molecular weight is 319 g/mol. The summed E-state index contributed by atoms with van der Waals surface area (Å²) in [5.74, 6) is -0.106. The van der Waals surface area contributed by atoms with Crippen LogP contribution in [0, 0.1) is 0 Å². The Morgan fingerprint density at radius 1 is 1.26 bits per heavy atom. The highest BCUT2D eigenvalue weighted by atomic mass is 16.5. The second-order valence-corrected chi connectivity index (χ2v) is 6.28. The van der Waals surface area contributed by atoms with Crippen LogP contribution in [0.3, 0.4) is 0 Å². The van der Waals surface area contributed by atoms with Gasteiger partial charge in [-0.1, -0.05) is 12.1 Å². The molecule has 1 aromatic carbocycles. The van der Waals surface area contributed by atoms with Gasteiger partial charge >= 0.3 is 0 Å². The second-order valence-electron chi connectivity index (χ2n) is 6.28. The number of nitrogens with one attached hydrogen (secondary N) is 1. The van der Waals surface area contributed by atoms with E-state index in [-0.39, 0.29) is 18.1 Å². The minimum Gasteiger partial charge on any atom is -0.393 e. The van der Waals surface area contributed by atoms with Crippen molar-refractivity contribution in [2.24, 2.45) is 5.73 Å². The van der Waals surface area contributed by atoms with E-state index in [4.69, 9.17) is 10.5 Å². The van der Waals surface area contributed by atoms with Crippen molar-refractivity contribution in [1.82, 2.24) is 0 Å². The molecule has 4 N–H and O–H groups in total. The Morgan fingerprint density at radius 2 is 2.00 bits per heavy atom. The number of benzene rings is 1. The lowest BCUT2D eigenvalue weighted by molar-refractivity contribution is -0.126. The third kappa shape index (κ3) is 3.83. The number of para-hydroxylation sites is 2. The smallest absolute Gasteiger partial charge is 0.253 e. The van der Waals surface area contributed by atoms with Crippen LogP contribution >= 0.6 is 0 Å². The van der Waals surface area contributed by atoms with Gasteiger partial charge in [-0.05, 0) is 37.8 Å². The molecule has 126 valence electrons. The van der Waals surface area contributed by atoms with Gasteiger partial charge in [0.1, 0.15) is 6.10 Å². The number of ether oxygens (including phenoxy) is 1. The van der Waals surface area contributed by atoms with E-state index in [2.05, 4.69) is 10.2 Å². The number of amides is 1. The lowest BCUT2D eigenvalue weighted by Crippen LogP contribution is -2.37. The molecule has 0 unspecified atom stereocenters. The van der Waals surface area contributed by atoms with Gasteiger partial charge in [0.2, 0.25) is 0 Å². The molecule has 2 heterocycles. The van der Waals surface area contributed by atoms with E-state index in [9.17, 15) is 9.90 Å². The maximum Gasteiger partial charge on any atom is 0.253 e. The molecular weight excluding hydrogens is 294 g/mol. The molecule has 6 nitrogen and oxygen atoms in total. The Bertz CT molecular complexity index is 544. The van der Waals surface area contributed by atoms with Gasteiger partial charge in [-0.2, -0.15) is 0 Å². The number of aliphatic hydroxyl groups is 1. The van der Waals surface area contributed by atoms with Crippen LogP contribution in [0.4, 0.5) is 11.4 Å². The minimum absolute atomic E-state index is 0.00965. The summed E-state index contributed by atoms with van der Waals surface area (Å²) in [6.45, 7) is 2.04. The van der Waals surface area contributed by atoms with Gasteiger partial charge in [0.25, 0.3) is 5.91 Å². The van der Waals surface area contributed by atoms with E-state index >= 15 is 0 Å². The number of nitrogens with two attached hydrogens (primary N) is 1. The third-order valence-corrected chi connectivity index (χ3v) is 4.63. The van der Waals surface area contributed by atoms with Crippen molar-refractivity contribution < 1.29 is 14.6 Å². The summed E-state index contributed by atoms with van der Waals surface area (Å²) in [5.41, 5.74) is 7.40. The number of hydrogen-bond donors (Lipinski definition) is 3. The predicted octanol–water partition coefficient (Wildman–Crippen LogP) is 1.09. The molecule has 0 bridgehead atoms. The molecule has 0 aliphatic carbocycles. The van der Waals surface area contributed by atoms with E-state index < -0.39 is 6.10 Å². The molecule has 1 aromatic rings. The summed E-state index contributed by atoms with van der Waals surface area (Å²) in [7, 11) is 0. The number of hydrogen-bond acceptors (Lipinski definition) is 5. The zero-order chi connectivity index (χ0) is 16.2. The molecule has 2 aliphatic rings. The van der Waals surface area contributed by atoms with Crippen molar-refractivity contribution in [3.63, 3.8) is 0 Å². The van der Waals surface area contributed by atoms with Crippen molar-refractivity contribution in [1.29, 1.82) is 0 Å². The fraction of sp³-hybridized carbons (Fsp3) is 0.588. The zero-order valence-electron chi connectivity index (χ0n) is 13.3. The highest BCUT2D eigenvalue weighted by molar-refractivity contribution is 5.97. The highest BCUT2D eigenvalue weighted by Gasteiger charge is 2.30. The van der Waals surface area contributed by atoms with Crippen molar-refractivity contribution in [2.75, 3.05) is 29.9 Å². The Hall–Kier alpha value is -1.63. The van der Waals surface area contributed by atoms with E-state index in [1.165, 1.54) is 0 Å². The van der Waals surface area contributed by atoms with Gasteiger partial charge in [-0.15, -0.1) is 0 Å². The quantitative estimate of drug-likeness (QED) is 0.773. The van der Waals surface area contributed by atoms with E-state index in [0.717, 1.165) is 43.7 Å². The Labute approximate surface area is 136 Å². The Morgan fingerprint density at radius 3 is 2.70 bits per heavy atom. The Kier molecular flexibility index (Phi) is 5.15. The highest BCUT2D eigenvalue weighted by Crippen LogP contribution is 2.29. The SMILES string of the molecule is NC[C@H]1CC[C@@H](C(=O)Nc2ccccc2N2CCC(O)CC2)O1. The number of nitrogens with zero attached hydrogens (tertiary/aromatic N) is 1. The second kappa shape index (κ2) is 7.29. The standard InChI is InChI=1S/C17H25N3O3/c18-11-13-5-6-16(23-13)17(22)19-14-3-1-2-4-15(14)20-9-7-12(21)8-10-20/h1-4,12-13,16,21H,5-11,18H2,(H,19,22)/t13-,16+/m1/s1. The normalized spacial score (nSPS) is 25.6. The van der Waals surface area contributed by atoms with Crippen LogP contribution in [-0.2, 0) is 9.53 Å². The van der Waals surface area contributed by atoms with Gasteiger partial charge in [-0.25, -0.2) is 0 Å². The summed E-state index contributed by atoms with van der Waals surface area (Å²) >= 11 is 0. The van der Waals surface area contributed by atoms with Gasteiger partial charge in [-0.3, -0.25) is 4.79 Å². The molecule has 2 saturated heterocycles. The summed E-state index contributed by atoms with van der Waals surface area (Å²) < 4.78 is 5.66. The summed E-state index contributed by atoms with van der Waals surface area (Å²) in [6, 6.07) is 7.79. The van der Waals surface area contributed by atoms with Gasteiger partial charge in [0.15, 0.2) is 0 Å². The molecular formula is C17H25N3O3. The molecule has 2 fully saturated rings. The fourth-order valence-corrected chi connectivity index (χ4v) is 3.25. The first-order chi connectivity index (χ1) is 11.2. The zero-order valence-corrected chi connectivity index (χ0v) is 13.3. The number of anilines is 2. The number of piperidine rings is 1. The molecule has 1 amide bonds. The maximum atomic E-state index is 12.4. The first-order valence-electron chi connectivity index (χ1n) is 8.36. The van der Waals surface area contributed by atoms with Crippen LogP contribution < -0.4 is 16.0 Å². The number of carbonyl (C=O) groups excluding carboxylic acids is 1. The largest absolute Gasteiger partial charge is 0.393 e. The van der Waals surface area contributed by atoms with Crippen LogP contribution in [0.5, 0.6) is 0 Å². The molecule has 2 atom stereocenters. The topological polar surface area (TPSA) is 87.8 Å². The number of rotatable bonds is 4. The first-order valence-corrected chi connectivity index (χ1v) is 8.36. The van der Waals surface area contributed by atoms with Crippen molar-refractivity contribution in [3.05, 3.63) is 24.3 Å². The maximum absolute atomic E-state index is 12.4. The number of carbonyl (C=O) groups is 1. The molecule has 0 aromatic heterocycles. The van der Waals surface area contributed by atoms with Crippen molar-refractivity contribution in [2.45, 2.75) is 44.0 Å². The van der Waals surface area contributed by atoms with E-state index in [1.54, 1.807) is 0 Å². The lowest BCUT2D eigenvalue weighted by atomic mass is 10.1. The first kappa shape index (κ1) is 16.2. The van der Waals surface area contributed by atoms with Crippen molar-refractivity contribution >= 4 is 17.3 Å². The minimum atomic E-state index is -0.417. The van der Waals surface area contributed by atoms with Crippen LogP contribution in [0.15, 0.2) is 24.3 Å². The number of aliphatic hydroxyl groups excluding tert-OH is 1. The molecule has 23 heavy (non-hydrogen) atoms. The molecule has 2 aliphatic heterocycles. The van der Waals surface area contributed by atoms with Gasteiger partial charge < -0.3 is 25.8 Å². The van der Waals surface area contributed by atoms with Crippen LogP contribution in [-0.4, -0.2) is 49.0 Å². The molecule has 6 heteroatoms. The van der Waals surface area contributed by atoms with E-state index in [1.807, 2.05) is 24.3 Å². The van der Waals surface area contributed by atoms with Crippen LogP contribution in [0.1, 0.15) is 25.7 Å². The average Bonchev–Trinajstić information content (AvgIpc) is 3.05. The van der Waals surface area contributed by atoms with Crippen molar-refractivity contribution in [3.8, 4) is 0 Å². The molecule has 0 spiro atoms. The van der Waals surface area contributed by atoms with Gasteiger partial charge in [0, 0.05) is 19.6 Å². The van der Waals surface area contributed by atoms with E-state index in [0.29, 0.717) is 13.0 Å². The molecule has 0 saturated carbocycles. The molecule has 3 rings (SSSR count). The Balaban J connectivity index is 1.67. The lowest BCUT2D eigenvalue weighted by Gasteiger charge is -2.33. The van der Waals surface area contributed by atoms with Gasteiger partial charge in [0.05, 0.1) is 23.6 Å². The summed E-state index contributed by atoms with van der Waals surface area (Å²) in [6.07, 6.45) is 2.42. The fourth-order valence-electron chi connectivity index (χ4n) is 3.25. The van der Waals surface area contributed by atoms with Crippen LogP contribution in [0.2, 0.25) is 0 Å². The molecule has 0 radical (unpaired) electrons.